The maximum absolute atomic E-state index is 12.5. The summed E-state index contributed by atoms with van der Waals surface area (Å²) in [7, 11) is 1.55. The highest BCUT2D eigenvalue weighted by Gasteiger charge is 2.48. The number of fused-ring (bicyclic) bond motifs is 1. The van der Waals surface area contributed by atoms with Crippen LogP contribution in [0.25, 0.3) is 16.8 Å². The lowest BCUT2D eigenvalue weighted by atomic mass is 10.0. The first-order valence-electron chi connectivity index (χ1n) is 8.36. The van der Waals surface area contributed by atoms with Gasteiger partial charge in [-0.1, -0.05) is 30.3 Å². The van der Waals surface area contributed by atoms with Crippen LogP contribution in [0, 0.1) is 0 Å². The molecule has 4 rings (SSSR count). The molecule has 1 heterocycles. The molecule has 0 aromatic heterocycles. The highest BCUT2D eigenvalue weighted by atomic mass is 16.7. The van der Waals surface area contributed by atoms with Gasteiger partial charge >= 0.3 is 11.9 Å². The molecule has 2 fully saturated rings. The number of benzene rings is 2. The molecule has 5 heteroatoms. The normalized spacial score (nSPS) is 19.0. The molecule has 1 saturated carbocycles. The number of hydrogen-bond acceptors (Lipinski definition) is 5. The number of carbonyl (C=O) groups is 2. The summed E-state index contributed by atoms with van der Waals surface area (Å²) >= 11 is 0. The second-order valence-electron chi connectivity index (χ2n) is 6.36. The molecule has 0 amide bonds. The Morgan fingerprint density at radius 1 is 1.00 bits per heavy atom. The van der Waals surface area contributed by atoms with Gasteiger partial charge in [0.15, 0.2) is 0 Å². The Morgan fingerprint density at radius 2 is 1.68 bits per heavy atom. The average molecular weight is 338 g/mol. The Bertz CT molecular complexity index is 868. The van der Waals surface area contributed by atoms with Crippen LogP contribution in [-0.2, 0) is 19.1 Å². The summed E-state index contributed by atoms with van der Waals surface area (Å²) in [6.45, 7) is 0. The minimum atomic E-state index is -1.06. The molecule has 0 radical (unpaired) electrons. The molecule has 1 aliphatic heterocycles. The maximum atomic E-state index is 12.5. The summed E-state index contributed by atoms with van der Waals surface area (Å²) in [5, 5.41) is 1.87. The van der Waals surface area contributed by atoms with Crippen LogP contribution in [0.15, 0.2) is 42.0 Å². The van der Waals surface area contributed by atoms with Crippen molar-refractivity contribution in [3.8, 4) is 5.75 Å². The molecular weight excluding hydrogens is 320 g/mol. The summed E-state index contributed by atoms with van der Waals surface area (Å²) in [6.07, 6.45) is 4.41. The van der Waals surface area contributed by atoms with E-state index in [0.717, 1.165) is 23.6 Å². The lowest BCUT2D eigenvalue weighted by molar-refractivity contribution is -0.232. The van der Waals surface area contributed by atoms with Gasteiger partial charge in [-0.2, -0.15) is 0 Å². The van der Waals surface area contributed by atoms with Crippen LogP contribution >= 0.6 is 0 Å². The smallest absolute Gasteiger partial charge is 0.348 e. The second-order valence-corrected chi connectivity index (χ2v) is 6.36. The fraction of sp³-hybridized carbons (Fsp3) is 0.300. The van der Waals surface area contributed by atoms with Crippen LogP contribution in [0.5, 0.6) is 5.75 Å². The maximum Gasteiger partial charge on any atom is 0.348 e. The second kappa shape index (κ2) is 5.92. The van der Waals surface area contributed by atoms with Crippen molar-refractivity contribution in [2.45, 2.75) is 31.5 Å². The molecule has 1 aliphatic carbocycles. The van der Waals surface area contributed by atoms with Crippen molar-refractivity contribution in [2.24, 2.45) is 0 Å². The van der Waals surface area contributed by atoms with E-state index in [-0.39, 0.29) is 5.57 Å². The summed E-state index contributed by atoms with van der Waals surface area (Å²) in [5.74, 6) is -1.75. The number of methoxy groups -OCH3 is 1. The zero-order chi connectivity index (χ0) is 17.4. The summed E-state index contributed by atoms with van der Waals surface area (Å²) < 4.78 is 16.4. The van der Waals surface area contributed by atoms with Crippen LogP contribution in [0.4, 0.5) is 0 Å². The monoisotopic (exact) mass is 338 g/mol. The predicted molar refractivity (Wildman–Crippen MR) is 91.9 cm³/mol. The van der Waals surface area contributed by atoms with E-state index in [0.29, 0.717) is 24.2 Å². The molecule has 2 aromatic rings. The minimum Gasteiger partial charge on any atom is -0.496 e. The first kappa shape index (κ1) is 15.7. The van der Waals surface area contributed by atoms with Crippen molar-refractivity contribution in [1.29, 1.82) is 0 Å². The molecule has 0 N–H and O–H groups in total. The fourth-order valence-electron chi connectivity index (χ4n) is 3.53. The lowest BCUT2D eigenvalue weighted by Gasteiger charge is -2.32. The van der Waals surface area contributed by atoms with Crippen molar-refractivity contribution < 1.29 is 23.8 Å². The molecule has 2 aromatic carbocycles. The van der Waals surface area contributed by atoms with Crippen LogP contribution in [0.3, 0.4) is 0 Å². The SMILES string of the molecule is COc1ccc2ccccc2c1C=C1C(=O)OC2(CCCC2)OC1=O. The highest BCUT2D eigenvalue weighted by Crippen LogP contribution is 2.39. The Hall–Kier alpha value is -2.82. The van der Waals surface area contributed by atoms with E-state index in [1.165, 1.54) is 6.08 Å². The van der Waals surface area contributed by atoms with Gasteiger partial charge in [0.25, 0.3) is 5.79 Å². The molecule has 2 aliphatic rings. The van der Waals surface area contributed by atoms with Crippen molar-refractivity contribution in [3.63, 3.8) is 0 Å². The lowest BCUT2D eigenvalue weighted by Crippen LogP contribution is -2.44. The van der Waals surface area contributed by atoms with Crippen LogP contribution in [-0.4, -0.2) is 24.8 Å². The molecule has 1 spiro atoms. The van der Waals surface area contributed by atoms with E-state index in [4.69, 9.17) is 14.2 Å². The van der Waals surface area contributed by atoms with E-state index in [1.807, 2.05) is 36.4 Å². The molecule has 0 unspecified atom stereocenters. The van der Waals surface area contributed by atoms with E-state index >= 15 is 0 Å². The van der Waals surface area contributed by atoms with Crippen molar-refractivity contribution in [2.75, 3.05) is 7.11 Å². The molecule has 5 nitrogen and oxygen atoms in total. The van der Waals surface area contributed by atoms with Gasteiger partial charge in [0.2, 0.25) is 0 Å². The quantitative estimate of drug-likeness (QED) is 0.476. The minimum absolute atomic E-state index is 0.104. The topological polar surface area (TPSA) is 61.8 Å². The zero-order valence-corrected chi connectivity index (χ0v) is 13.9. The zero-order valence-electron chi connectivity index (χ0n) is 13.9. The van der Waals surface area contributed by atoms with E-state index in [9.17, 15) is 9.59 Å². The first-order valence-corrected chi connectivity index (χ1v) is 8.36. The number of ether oxygens (including phenoxy) is 3. The van der Waals surface area contributed by atoms with Gasteiger partial charge in [-0.05, 0) is 35.8 Å². The van der Waals surface area contributed by atoms with Crippen LogP contribution < -0.4 is 4.74 Å². The standard InChI is InChI=1S/C20H18O5/c1-23-17-9-8-13-6-2-3-7-14(13)15(17)12-16-18(21)24-20(25-19(16)22)10-4-5-11-20/h2-3,6-9,12H,4-5,10-11H2,1H3. The largest absolute Gasteiger partial charge is 0.496 e. The Balaban J connectivity index is 1.79. The van der Waals surface area contributed by atoms with Gasteiger partial charge in [0.1, 0.15) is 11.3 Å². The number of hydrogen-bond donors (Lipinski definition) is 0. The van der Waals surface area contributed by atoms with E-state index < -0.39 is 17.7 Å². The third-order valence-corrected chi connectivity index (χ3v) is 4.80. The molecule has 1 saturated heterocycles. The van der Waals surface area contributed by atoms with E-state index in [2.05, 4.69) is 0 Å². The molecule has 0 atom stereocenters. The Kier molecular flexibility index (Phi) is 3.71. The number of esters is 2. The van der Waals surface area contributed by atoms with Crippen LogP contribution in [0.2, 0.25) is 0 Å². The predicted octanol–water partition coefficient (Wildman–Crippen LogP) is 3.60. The number of carbonyl (C=O) groups excluding carboxylic acids is 2. The highest BCUT2D eigenvalue weighted by molar-refractivity contribution is 6.20. The summed E-state index contributed by atoms with van der Waals surface area (Å²) in [4.78, 5) is 24.9. The van der Waals surface area contributed by atoms with Gasteiger partial charge in [-0.15, -0.1) is 0 Å². The Labute approximate surface area is 145 Å². The van der Waals surface area contributed by atoms with Crippen molar-refractivity contribution >= 4 is 28.8 Å². The van der Waals surface area contributed by atoms with E-state index in [1.54, 1.807) is 7.11 Å². The summed E-state index contributed by atoms with van der Waals surface area (Å²) in [5.41, 5.74) is 0.555. The summed E-state index contributed by atoms with van der Waals surface area (Å²) in [6, 6.07) is 11.4. The molecule has 128 valence electrons. The average Bonchev–Trinajstić information content (AvgIpc) is 3.05. The van der Waals surface area contributed by atoms with Crippen molar-refractivity contribution in [3.05, 3.63) is 47.5 Å². The van der Waals surface area contributed by atoms with Gasteiger partial charge in [0.05, 0.1) is 7.11 Å². The number of rotatable bonds is 2. The third kappa shape index (κ3) is 2.65. The van der Waals surface area contributed by atoms with Gasteiger partial charge in [0, 0.05) is 18.4 Å². The van der Waals surface area contributed by atoms with Gasteiger partial charge in [-0.25, -0.2) is 9.59 Å². The Morgan fingerprint density at radius 3 is 2.36 bits per heavy atom. The van der Waals surface area contributed by atoms with Crippen LogP contribution in [0.1, 0.15) is 31.2 Å². The molecule has 0 bridgehead atoms. The molecule has 25 heavy (non-hydrogen) atoms. The fourth-order valence-corrected chi connectivity index (χ4v) is 3.53. The van der Waals surface area contributed by atoms with Gasteiger partial charge < -0.3 is 14.2 Å². The van der Waals surface area contributed by atoms with Gasteiger partial charge in [-0.3, -0.25) is 0 Å². The third-order valence-electron chi connectivity index (χ3n) is 4.80. The first-order chi connectivity index (χ1) is 12.1. The molecular formula is C20H18O5. The van der Waals surface area contributed by atoms with Crippen molar-refractivity contribution in [1.82, 2.24) is 0 Å².